The summed E-state index contributed by atoms with van der Waals surface area (Å²) in [6.07, 6.45) is 6.47. The molecule has 15 heteroatoms. The van der Waals surface area contributed by atoms with Gasteiger partial charge in [-0.05, 0) is 45.4 Å². The molecule has 3 N–H and O–H groups in total. The molecule has 12 atom stereocenters. The molecule has 0 aromatic rings. The lowest BCUT2D eigenvalue weighted by molar-refractivity contribution is -0.284. The molecule has 0 amide bonds. The van der Waals surface area contributed by atoms with Crippen molar-refractivity contribution in [2.45, 2.75) is 208 Å². The largest absolute Gasteiger partial charge is 0.462 e. The lowest BCUT2D eigenvalue weighted by Crippen LogP contribution is -2.60. The van der Waals surface area contributed by atoms with Crippen LogP contribution in [0, 0.1) is 0 Å². The van der Waals surface area contributed by atoms with Crippen molar-refractivity contribution in [3.63, 3.8) is 0 Å². The average Bonchev–Trinajstić information content (AvgIpc) is 3.82. The summed E-state index contributed by atoms with van der Waals surface area (Å²) in [5.74, 6) is -2.86. The highest BCUT2D eigenvalue weighted by molar-refractivity contribution is 5.67. The number of hydrogen-bond donors (Lipinski definition) is 3. The van der Waals surface area contributed by atoms with Gasteiger partial charge in [-0.15, -0.1) is 0 Å². The molecule has 3 unspecified atom stereocenters. The summed E-state index contributed by atoms with van der Waals surface area (Å²) in [6, 6.07) is 0. The fourth-order valence-corrected chi connectivity index (χ4v) is 9.46. The summed E-state index contributed by atoms with van der Waals surface area (Å²) in [7, 11) is 0. The number of esters is 2. The predicted octanol–water partition coefficient (Wildman–Crippen LogP) is 2.66. The number of aliphatic hydroxyl groups is 3. The number of aliphatic hydroxyl groups excluding tert-OH is 3. The van der Waals surface area contributed by atoms with E-state index in [0.29, 0.717) is 6.61 Å². The first kappa shape index (κ1) is 38.8. The van der Waals surface area contributed by atoms with Crippen LogP contribution in [-0.2, 0) is 57.0 Å². The highest BCUT2D eigenvalue weighted by Gasteiger charge is 2.62. The third-order valence-corrected chi connectivity index (χ3v) is 12.0. The van der Waals surface area contributed by atoms with Crippen LogP contribution in [0.3, 0.4) is 0 Å². The summed E-state index contributed by atoms with van der Waals surface area (Å²) in [5.41, 5.74) is 0. The summed E-state index contributed by atoms with van der Waals surface area (Å²) < 4.78 is 59.4. The van der Waals surface area contributed by atoms with E-state index in [0.717, 1.165) is 83.5 Å². The smallest absolute Gasteiger partial charge is 0.303 e. The van der Waals surface area contributed by atoms with Gasteiger partial charge in [-0.1, -0.05) is 19.3 Å². The van der Waals surface area contributed by atoms with Gasteiger partial charge >= 0.3 is 11.9 Å². The number of hydrogen-bond acceptors (Lipinski definition) is 15. The van der Waals surface area contributed by atoms with Gasteiger partial charge < -0.3 is 62.7 Å². The lowest BCUT2D eigenvalue weighted by atomic mass is 9.93. The summed E-state index contributed by atoms with van der Waals surface area (Å²) in [6.45, 7) is 4.59. The first-order valence-corrected chi connectivity index (χ1v) is 19.6. The topological polar surface area (TPSA) is 187 Å². The van der Waals surface area contributed by atoms with Crippen LogP contribution in [-0.4, -0.2) is 131 Å². The Bertz CT molecular complexity index is 1230. The maximum Gasteiger partial charge on any atom is 0.303 e. The number of carbonyl (C=O) groups excluding carboxylic acids is 2. The van der Waals surface area contributed by atoms with Gasteiger partial charge in [0, 0.05) is 52.4 Å². The molecule has 15 nitrogen and oxygen atoms in total. The van der Waals surface area contributed by atoms with Gasteiger partial charge in [0.15, 0.2) is 29.8 Å². The van der Waals surface area contributed by atoms with Gasteiger partial charge in [0.25, 0.3) is 0 Å². The summed E-state index contributed by atoms with van der Waals surface area (Å²) in [4.78, 5) is 22.7. The van der Waals surface area contributed by atoms with Gasteiger partial charge in [0.05, 0.1) is 12.7 Å². The van der Waals surface area contributed by atoms with Crippen LogP contribution in [0.15, 0.2) is 0 Å². The second-order valence-corrected chi connectivity index (χ2v) is 15.9. The fraction of sp³-hybridized carbons (Fsp3) is 0.946. The normalized spacial score (nSPS) is 42.2. The molecule has 5 saturated heterocycles. The van der Waals surface area contributed by atoms with E-state index in [-0.39, 0.29) is 12.7 Å². The van der Waals surface area contributed by atoms with Crippen LogP contribution in [0.5, 0.6) is 0 Å². The maximum absolute atomic E-state index is 11.5. The highest BCUT2D eigenvalue weighted by Crippen LogP contribution is 2.48. The Morgan fingerprint density at radius 1 is 0.635 bits per heavy atom. The third kappa shape index (κ3) is 8.06. The Morgan fingerprint density at radius 3 is 1.71 bits per heavy atom. The first-order valence-electron chi connectivity index (χ1n) is 19.6. The number of carbonyl (C=O) groups is 2. The monoisotopic (exact) mass is 742 g/mol. The van der Waals surface area contributed by atoms with Crippen LogP contribution in [0.2, 0.25) is 0 Å². The molecule has 0 aromatic carbocycles. The summed E-state index contributed by atoms with van der Waals surface area (Å²) in [5, 5.41) is 31.2. The van der Waals surface area contributed by atoms with Crippen molar-refractivity contribution in [2.24, 2.45) is 0 Å². The van der Waals surface area contributed by atoms with E-state index in [9.17, 15) is 24.9 Å². The molecule has 5 heterocycles. The molecule has 8 aliphatic rings. The highest BCUT2D eigenvalue weighted by atomic mass is 16.8. The Hall–Kier alpha value is -1.50. The van der Waals surface area contributed by atoms with Gasteiger partial charge in [-0.3, -0.25) is 9.59 Å². The number of fused-ring (bicyclic) bond motifs is 2. The van der Waals surface area contributed by atoms with E-state index >= 15 is 0 Å². The Labute approximate surface area is 305 Å². The second kappa shape index (κ2) is 15.9. The molecule has 3 spiro atoms. The van der Waals surface area contributed by atoms with Crippen molar-refractivity contribution in [1.29, 1.82) is 0 Å². The number of ether oxygens (including phenoxy) is 10. The van der Waals surface area contributed by atoms with Crippen molar-refractivity contribution in [3.05, 3.63) is 0 Å². The van der Waals surface area contributed by atoms with E-state index in [4.69, 9.17) is 47.4 Å². The van der Waals surface area contributed by atoms with Crippen LogP contribution < -0.4 is 0 Å². The van der Waals surface area contributed by atoms with E-state index in [1.165, 1.54) is 26.7 Å². The maximum atomic E-state index is 11.5. The molecule has 0 bridgehead atoms. The van der Waals surface area contributed by atoms with Gasteiger partial charge in [0.1, 0.15) is 61.5 Å². The first-order chi connectivity index (χ1) is 24.9. The fourth-order valence-electron chi connectivity index (χ4n) is 9.46. The van der Waals surface area contributed by atoms with Crippen LogP contribution in [0.1, 0.15) is 117 Å². The molecular weight excluding hydrogens is 684 g/mol. The van der Waals surface area contributed by atoms with Gasteiger partial charge in [-0.2, -0.15) is 0 Å². The zero-order valence-corrected chi connectivity index (χ0v) is 30.7. The van der Waals surface area contributed by atoms with Crippen molar-refractivity contribution in [3.8, 4) is 0 Å². The quantitative estimate of drug-likeness (QED) is 0.349. The van der Waals surface area contributed by atoms with Crippen LogP contribution in [0.4, 0.5) is 0 Å². The Kier molecular flexibility index (Phi) is 11.9. The molecule has 296 valence electrons. The zero-order valence-electron chi connectivity index (χ0n) is 30.7. The molecule has 0 aromatic heterocycles. The molecule has 3 aliphatic carbocycles. The second-order valence-electron chi connectivity index (χ2n) is 15.9. The Morgan fingerprint density at radius 2 is 1.15 bits per heavy atom. The zero-order chi connectivity index (χ0) is 36.7. The Balaban J connectivity index is 0.000000162. The van der Waals surface area contributed by atoms with Gasteiger partial charge in [0.2, 0.25) is 0 Å². The van der Waals surface area contributed by atoms with E-state index in [1.807, 2.05) is 0 Å². The predicted molar refractivity (Wildman–Crippen MR) is 177 cm³/mol. The van der Waals surface area contributed by atoms with Crippen LogP contribution >= 0.6 is 0 Å². The van der Waals surface area contributed by atoms with Crippen molar-refractivity contribution in [1.82, 2.24) is 0 Å². The van der Waals surface area contributed by atoms with Crippen molar-refractivity contribution in [2.75, 3.05) is 13.2 Å². The minimum Gasteiger partial charge on any atom is -0.462 e. The lowest BCUT2D eigenvalue weighted by Gasteiger charge is -2.41. The van der Waals surface area contributed by atoms with E-state index in [2.05, 4.69) is 0 Å². The third-order valence-electron chi connectivity index (χ3n) is 12.0. The standard InChI is InChI=1S/C19H30O7.C18H28O8/c20-13-15-16(26-19(25-15)9-5-2-6-10-19)14(23-17(13)21)12-11-22-18(24-12)7-3-1-4-8-18;1-10-14(21)16-17(26-18(25-16)7-5-4-6-8-18)15(23-10)13(24-12(3)20)9-22-11(2)19/h12-17,20-21H,1-11H2;10,13-17,21H,4-9H2,1-3H3/t12?,13-,14+,15+,16?,17-;10-,13+,14-,15-,16-,17?/m10/s1. The molecular formula is C37H58O15. The van der Waals surface area contributed by atoms with Crippen molar-refractivity contribution < 1.29 is 72.3 Å². The van der Waals surface area contributed by atoms with Crippen LogP contribution in [0.25, 0.3) is 0 Å². The van der Waals surface area contributed by atoms with E-state index in [1.54, 1.807) is 6.92 Å². The molecule has 52 heavy (non-hydrogen) atoms. The molecule has 8 fully saturated rings. The SMILES string of the molecule is CC(=O)OC[C@@H](OC(C)=O)[C@@H]1O[C@@H](C)[C@H](O)[C@@H]2OC3(CCCCC3)OC21.O[C@H]1[C@H](O)O[C@@H](C2COC3(CCCCC3)O2)C2OC3(CCCCC3)O[C@H]21. The average molecular weight is 743 g/mol. The van der Waals surface area contributed by atoms with Gasteiger partial charge in [-0.25, -0.2) is 0 Å². The molecule has 8 rings (SSSR count). The molecule has 5 aliphatic heterocycles. The van der Waals surface area contributed by atoms with Crippen molar-refractivity contribution >= 4 is 11.9 Å². The molecule has 3 saturated carbocycles. The van der Waals surface area contributed by atoms with E-state index < -0.39 is 96.6 Å². The minimum atomic E-state index is -1.30. The minimum absolute atomic E-state index is 0.137. The number of rotatable bonds is 5. The summed E-state index contributed by atoms with van der Waals surface area (Å²) >= 11 is 0. The molecule has 0 radical (unpaired) electrons.